The van der Waals surface area contributed by atoms with Crippen LogP contribution < -0.4 is 10.6 Å². The number of piperidine rings is 1. The van der Waals surface area contributed by atoms with Gasteiger partial charge >= 0.3 is 6.03 Å². The average molecular weight is 678 g/mol. The summed E-state index contributed by atoms with van der Waals surface area (Å²) in [6.07, 6.45) is 0.933. The molecular formula is C41H47N3O6. The number of benzene rings is 4. The van der Waals surface area contributed by atoms with Gasteiger partial charge in [-0.1, -0.05) is 110 Å². The minimum Gasteiger partial charge on any atom is -0.392 e. The highest BCUT2D eigenvalue weighted by atomic mass is 16.7. The van der Waals surface area contributed by atoms with E-state index in [1.54, 1.807) is 0 Å². The van der Waals surface area contributed by atoms with Crippen LogP contribution in [-0.4, -0.2) is 60.8 Å². The molecule has 4 aromatic rings. The predicted molar refractivity (Wildman–Crippen MR) is 191 cm³/mol. The minimum atomic E-state index is -0.546. The van der Waals surface area contributed by atoms with Gasteiger partial charge in [0.1, 0.15) is 0 Å². The molecule has 3 N–H and O–H groups in total. The number of likely N-dealkylation sites (tertiary alicyclic amines) is 1. The fourth-order valence-corrected chi connectivity index (χ4v) is 7.24. The number of rotatable bonds is 10. The van der Waals surface area contributed by atoms with Gasteiger partial charge in [0.25, 0.3) is 0 Å². The van der Waals surface area contributed by atoms with E-state index in [-0.39, 0.29) is 30.8 Å². The Morgan fingerprint density at radius 1 is 0.780 bits per heavy atom. The standard InChI is InChI=1S/C41H47N3O6/c1-29-37(27-44-21-19-41(20-22-44)47-23-24-48-41)49-39(50-38(29)33-13-11-31(28-45)12-14-33)34-17-15-32(16-18-34)36-10-6-5-9-35(36)26-43-40(46)42-25-30-7-3-2-4-8-30/h2-18,29,37-39,45H,19-28H2,1H3,(H2,42,43,46)/t29-,37+,38+,39+/m1/s1. The highest BCUT2D eigenvalue weighted by Crippen LogP contribution is 2.43. The first kappa shape index (κ1) is 34.4. The Morgan fingerprint density at radius 2 is 1.44 bits per heavy atom. The summed E-state index contributed by atoms with van der Waals surface area (Å²) in [5.74, 6) is -0.312. The molecule has 0 radical (unpaired) electrons. The Hall–Kier alpha value is -4.09. The lowest BCUT2D eigenvalue weighted by Gasteiger charge is -2.44. The Kier molecular flexibility index (Phi) is 10.9. The van der Waals surface area contributed by atoms with Gasteiger partial charge in [-0.3, -0.25) is 0 Å². The molecule has 3 aliphatic rings. The number of ether oxygens (including phenoxy) is 4. The molecule has 4 aromatic carbocycles. The molecular weight excluding hydrogens is 630 g/mol. The molecule has 0 aliphatic carbocycles. The maximum absolute atomic E-state index is 12.6. The summed E-state index contributed by atoms with van der Waals surface area (Å²) in [5.41, 5.74) is 7.07. The molecule has 262 valence electrons. The highest BCUT2D eigenvalue weighted by Gasteiger charge is 2.43. The second kappa shape index (κ2) is 15.9. The van der Waals surface area contributed by atoms with Crippen LogP contribution in [0, 0.1) is 5.92 Å². The molecule has 3 aliphatic heterocycles. The topological polar surface area (TPSA) is 102 Å². The number of aliphatic hydroxyl groups is 1. The SMILES string of the molecule is C[C@@H]1[C@H](CN2CCC3(CC2)OCCO3)O[C@H](c2ccc(-c3ccccc3CNC(=O)NCc3ccccc3)cc2)O[C@@H]1c1ccc(CO)cc1. The van der Waals surface area contributed by atoms with Crippen molar-refractivity contribution in [3.05, 3.63) is 131 Å². The first-order valence-corrected chi connectivity index (χ1v) is 17.7. The number of carbonyl (C=O) groups is 1. The second-order valence-electron chi connectivity index (χ2n) is 13.5. The first-order valence-electron chi connectivity index (χ1n) is 17.7. The number of hydrogen-bond donors (Lipinski definition) is 3. The molecule has 0 saturated carbocycles. The van der Waals surface area contributed by atoms with Gasteiger partial charge in [0.2, 0.25) is 0 Å². The fraction of sp³-hybridized carbons (Fsp3) is 0.390. The van der Waals surface area contributed by atoms with Gasteiger partial charge in [0, 0.05) is 57.0 Å². The zero-order chi connectivity index (χ0) is 34.3. The van der Waals surface area contributed by atoms with Crippen molar-refractivity contribution < 1.29 is 28.8 Å². The molecule has 3 saturated heterocycles. The quantitative estimate of drug-likeness (QED) is 0.177. The molecule has 9 nitrogen and oxygen atoms in total. The molecule has 0 unspecified atom stereocenters. The number of nitrogens with zero attached hydrogens (tertiary/aromatic N) is 1. The van der Waals surface area contributed by atoms with Crippen molar-refractivity contribution in [2.75, 3.05) is 32.8 Å². The van der Waals surface area contributed by atoms with Crippen molar-refractivity contribution in [3.8, 4) is 11.1 Å². The lowest BCUT2D eigenvalue weighted by atomic mass is 9.89. The Morgan fingerprint density at radius 3 is 2.16 bits per heavy atom. The van der Waals surface area contributed by atoms with E-state index < -0.39 is 12.1 Å². The molecule has 7 rings (SSSR count). The van der Waals surface area contributed by atoms with Crippen molar-refractivity contribution in [3.63, 3.8) is 0 Å². The Bertz CT molecular complexity index is 1680. The molecule has 50 heavy (non-hydrogen) atoms. The zero-order valence-electron chi connectivity index (χ0n) is 28.6. The van der Waals surface area contributed by atoms with Gasteiger partial charge in [0.05, 0.1) is 32.0 Å². The summed E-state index contributed by atoms with van der Waals surface area (Å²) in [7, 11) is 0. The normalized spacial score (nSPS) is 23.5. The highest BCUT2D eigenvalue weighted by molar-refractivity contribution is 5.75. The van der Waals surface area contributed by atoms with Gasteiger partial charge in [0.15, 0.2) is 12.1 Å². The number of nitrogens with one attached hydrogen (secondary N) is 2. The smallest absolute Gasteiger partial charge is 0.315 e. The van der Waals surface area contributed by atoms with Crippen molar-refractivity contribution >= 4 is 6.03 Å². The van der Waals surface area contributed by atoms with Gasteiger partial charge in [-0.2, -0.15) is 0 Å². The third-order valence-electron chi connectivity index (χ3n) is 10.2. The van der Waals surface area contributed by atoms with Crippen LogP contribution in [0.2, 0.25) is 0 Å². The van der Waals surface area contributed by atoms with E-state index in [1.165, 1.54) is 0 Å². The Labute approximate surface area is 294 Å². The predicted octanol–water partition coefficient (Wildman–Crippen LogP) is 6.48. The van der Waals surface area contributed by atoms with Gasteiger partial charge in [-0.25, -0.2) is 4.79 Å². The van der Waals surface area contributed by atoms with Crippen LogP contribution >= 0.6 is 0 Å². The fourth-order valence-electron chi connectivity index (χ4n) is 7.24. The van der Waals surface area contributed by atoms with Crippen molar-refractivity contribution in [2.45, 2.75) is 63.7 Å². The van der Waals surface area contributed by atoms with Crippen molar-refractivity contribution in [1.29, 1.82) is 0 Å². The third kappa shape index (κ3) is 8.10. The van der Waals surface area contributed by atoms with Crippen LogP contribution in [0.1, 0.15) is 60.0 Å². The number of carbonyl (C=O) groups excluding carboxylic acids is 1. The average Bonchev–Trinajstić information content (AvgIpc) is 3.63. The van der Waals surface area contributed by atoms with Crippen LogP contribution in [0.25, 0.3) is 11.1 Å². The molecule has 0 bridgehead atoms. The van der Waals surface area contributed by atoms with E-state index in [0.717, 1.165) is 71.4 Å². The van der Waals surface area contributed by atoms with Gasteiger partial charge < -0.3 is 39.6 Å². The molecule has 3 fully saturated rings. The molecule has 4 atom stereocenters. The number of urea groups is 1. The molecule has 2 amide bonds. The maximum Gasteiger partial charge on any atom is 0.315 e. The second-order valence-corrected chi connectivity index (χ2v) is 13.5. The lowest BCUT2D eigenvalue weighted by molar-refractivity contribution is -0.278. The molecule has 3 heterocycles. The largest absolute Gasteiger partial charge is 0.392 e. The summed E-state index contributed by atoms with van der Waals surface area (Å²) < 4.78 is 25.4. The summed E-state index contributed by atoms with van der Waals surface area (Å²) in [4.78, 5) is 15.0. The van der Waals surface area contributed by atoms with Crippen LogP contribution in [-0.2, 0) is 38.6 Å². The van der Waals surface area contributed by atoms with Crippen molar-refractivity contribution in [2.24, 2.45) is 5.92 Å². The Balaban J connectivity index is 1.04. The van der Waals surface area contributed by atoms with Crippen molar-refractivity contribution in [1.82, 2.24) is 15.5 Å². The summed E-state index contributed by atoms with van der Waals surface area (Å²) >= 11 is 0. The van der Waals surface area contributed by atoms with Crippen LogP contribution in [0.15, 0.2) is 103 Å². The lowest BCUT2D eigenvalue weighted by Crippen LogP contribution is -2.50. The van der Waals surface area contributed by atoms with E-state index in [9.17, 15) is 9.90 Å². The van der Waals surface area contributed by atoms with E-state index in [1.807, 2.05) is 60.7 Å². The summed E-state index contributed by atoms with van der Waals surface area (Å²) in [5, 5.41) is 15.6. The van der Waals surface area contributed by atoms with E-state index in [0.29, 0.717) is 26.3 Å². The maximum atomic E-state index is 12.6. The monoisotopic (exact) mass is 677 g/mol. The summed E-state index contributed by atoms with van der Waals surface area (Å²) in [6, 6.07) is 34.2. The minimum absolute atomic E-state index is 0.00654. The van der Waals surface area contributed by atoms with Gasteiger partial charge in [-0.15, -0.1) is 0 Å². The van der Waals surface area contributed by atoms with Crippen LogP contribution in [0.5, 0.6) is 0 Å². The van der Waals surface area contributed by atoms with E-state index in [2.05, 4.69) is 64.9 Å². The molecule has 0 aromatic heterocycles. The third-order valence-corrected chi connectivity index (χ3v) is 10.2. The van der Waals surface area contributed by atoms with Crippen LogP contribution in [0.4, 0.5) is 4.79 Å². The molecule has 9 heteroatoms. The number of hydrogen-bond acceptors (Lipinski definition) is 7. The first-order chi connectivity index (χ1) is 24.5. The number of amides is 2. The van der Waals surface area contributed by atoms with Gasteiger partial charge in [-0.05, 0) is 33.4 Å². The van der Waals surface area contributed by atoms with Crippen LogP contribution in [0.3, 0.4) is 0 Å². The van der Waals surface area contributed by atoms with E-state index in [4.69, 9.17) is 18.9 Å². The van der Waals surface area contributed by atoms with E-state index >= 15 is 0 Å². The number of aliphatic hydroxyl groups excluding tert-OH is 1. The zero-order valence-corrected chi connectivity index (χ0v) is 28.6. The molecule has 1 spiro atoms. The summed E-state index contributed by atoms with van der Waals surface area (Å²) in [6.45, 7) is 7.01.